The van der Waals surface area contributed by atoms with Crippen LogP contribution >= 0.6 is 15.9 Å². The quantitative estimate of drug-likeness (QED) is 0.645. The Balaban J connectivity index is 1.96. The normalized spacial score (nSPS) is 10.4. The molecule has 0 aliphatic carbocycles. The summed E-state index contributed by atoms with van der Waals surface area (Å²) in [7, 11) is 3.19. The van der Waals surface area contributed by atoms with Gasteiger partial charge in [-0.3, -0.25) is 9.59 Å². The van der Waals surface area contributed by atoms with Gasteiger partial charge in [0, 0.05) is 29.9 Å². The monoisotopic (exact) mass is 434 g/mol. The van der Waals surface area contributed by atoms with Gasteiger partial charge in [0.2, 0.25) is 5.91 Å². The maximum Gasteiger partial charge on any atom is 0.254 e. The molecule has 0 radical (unpaired) electrons. The molecule has 0 aromatic heterocycles. The SMILES string of the molecule is COCCOc1cccc(C(=O)N(C)CC(=O)Nc2ccc(Br)cc2C)c1. The predicted molar refractivity (Wildman–Crippen MR) is 108 cm³/mol. The van der Waals surface area contributed by atoms with Crippen molar-refractivity contribution in [2.75, 3.05) is 39.2 Å². The maximum atomic E-state index is 12.6. The molecule has 2 amide bonds. The minimum absolute atomic E-state index is 0.0525. The molecular weight excluding hydrogens is 412 g/mol. The average Bonchev–Trinajstić information content (AvgIpc) is 2.64. The van der Waals surface area contributed by atoms with Crippen LogP contribution in [-0.4, -0.2) is 50.6 Å². The number of amides is 2. The largest absolute Gasteiger partial charge is 0.491 e. The van der Waals surface area contributed by atoms with Crippen LogP contribution in [0.15, 0.2) is 46.9 Å². The second kappa shape index (κ2) is 10.1. The van der Waals surface area contributed by atoms with Crippen molar-refractivity contribution in [3.8, 4) is 5.75 Å². The molecule has 1 N–H and O–H groups in total. The first-order chi connectivity index (χ1) is 12.9. The van der Waals surface area contributed by atoms with Gasteiger partial charge in [-0.15, -0.1) is 0 Å². The number of rotatable bonds is 8. The van der Waals surface area contributed by atoms with E-state index in [0.29, 0.717) is 24.5 Å². The van der Waals surface area contributed by atoms with Crippen LogP contribution in [0.25, 0.3) is 0 Å². The van der Waals surface area contributed by atoms with E-state index >= 15 is 0 Å². The number of halogens is 1. The number of benzene rings is 2. The van der Waals surface area contributed by atoms with E-state index in [4.69, 9.17) is 9.47 Å². The predicted octanol–water partition coefficient (Wildman–Crippen LogP) is 3.49. The summed E-state index contributed by atoms with van der Waals surface area (Å²) in [5, 5.41) is 2.83. The van der Waals surface area contributed by atoms with Gasteiger partial charge in [0.15, 0.2) is 0 Å². The highest BCUT2D eigenvalue weighted by atomic mass is 79.9. The fourth-order valence-corrected chi connectivity index (χ4v) is 2.90. The number of carbonyl (C=O) groups is 2. The van der Waals surface area contributed by atoms with E-state index in [9.17, 15) is 9.59 Å². The molecule has 6 nitrogen and oxygen atoms in total. The van der Waals surface area contributed by atoms with Gasteiger partial charge in [0.1, 0.15) is 12.4 Å². The summed E-state index contributed by atoms with van der Waals surface area (Å²) in [6, 6.07) is 12.5. The van der Waals surface area contributed by atoms with Crippen molar-refractivity contribution in [3.63, 3.8) is 0 Å². The van der Waals surface area contributed by atoms with Gasteiger partial charge in [-0.2, -0.15) is 0 Å². The molecule has 0 atom stereocenters. The molecule has 7 heteroatoms. The molecule has 2 aromatic carbocycles. The molecular formula is C20H23BrN2O4. The van der Waals surface area contributed by atoms with Crippen LogP contribution in [-0.2, 0) is 9.53 Å². The third-order valence-corrected chi connectivity index (χ3v) is 4.32. The standard InChI is InChI=1S/C20H23BrN2O4/c1-14-11-16(21)7-8-18(14)22-19(24)13-23(2)20(25)15-5-4-6-17(12-15)27-10-9-26-3/h4-8,11-12H,9-10,13H2,1-3H3,(H,22,24). The van der Waals surface area contributed by atoms with Crippen LogP contribution in [0.3, 0.4) is 0 Å². The lowest BCUT2D eigenvalue weighted by Crippen LogP contribution is -2.35. The minimum atomic E-state index is -0.260. The first kappa shape index (κ1) is 20.9. The molecule has 0 spiro atoms. The van der Waals surface area contributed by atoms with Gasteiger partial charge in [0.25, 0.3) is 5.91 Å². The van der Waals surface area contributed by atoms with Gasteiger partial charge in [-0.25, -0.2) is 0 Å². The fourth-order valence-electron chi connectivity index (χ4n) is 2.43. The Morgan fingerprint density at radius 2 is 1.93 bits per heavy atom. The number of anilines is 1. The topological polar surface area (TPSA) is 67.9 Å². The van der Waals surface area contributed by atoms with E-state index in [1.807, 2.05) is 25.1 Å². The molecule has 0 unspecified atom stereocenters. The smallest absolute Gasteiger partial charge is 0.254 e. The zero-order valence-electron chi connectivity index (χ0n) is 15.6. The maximum absolute atomic E-state index is 12.6. The number of hydrogen-bond donors (Lipinski definition) is 1. The van der Waals surface area contributed by atoms with Gasteiger partial charge in [-0.05, 0) is 48.9 Å². The Morgan fingerprint density at radius 1 is 1.15 bits per heavy atom. The van der Waals surface area contributed by atoms with Crippen molar-refractivity contribution in [2.24, 2.45) is 0 Å². The molecule has 0 aliphatic heterocycles. The number of aryl methyl sites for hydroxylation is 1. The zero-order valence-corrected chi connectivity index (χ0v) is 17.2. The number of ether oxygens (including phenoxy) is 2. The highest BCUT2D eigenvalue weighted by molar-refractivity contribution is 9.10. The van der Waals surface area contributed by atoms with E-state index in [0.717, 1.165) is 15.7 Å². The average molecular weight is 435 g/mol. The Morgan fingerprint density at radius 3 is 2.63 bits per heavy atom. The molecule has 0 saturated heterocycles. The molecule has 0 aliphatic rings. The van der Waals surface area contributed by atoms with Crippen LogP contribution in [0.2, 0.25) is 0 Å². The molecule has 27 heavy (non-hydrogen) atoms. The lowest BCUT2D eigenvalue weighted by atomic mass is 10.2. The molecule has 2 aromatic rings. The molecule has 0 saturated carbocycles. The van der Waals surface area contributed by atoms with Crippen LogP contribution < -0.4 is 10.1 Å². The van der Waals surface area contributed by atoms with E-state index in [1.165, 1.54) is 4.90 Å². The second-order valence-corrected chi connectivity index (χ2v) is 6.95. The van der Waals surface area contributed by atoms with Gasteiger partial charge < -0.3 is 19.7 Å². The highest BCUT2D eigenvalue weighted by Crippen LogP contribution is 2.20. The van der Waals surface area contributed by atoms with Crippen molar-refractivity contribution in [1.29, 1.82) is 0 Å². The number of carbonyl (C=O) groups excluding carboxylic acids is 2. The number of nitrogens with zero attached hydrogens (tertiary/aromatic N) is 1. The number of nitrogens with one attached hydrogen (secondary N) is 1. The summed E-state index contributed by atoms with van der Waals surface area (Å²) in [6.07, 6.45) is 0. The van der Waals surface area contributed by atoms with Crippen molar-refractivity contribution in [2.45, 2.75) is 6.92 Å². The molecule has 0 heterocycles. The van der Waals surface area contributed by atoms with Crippen molar-refractivity contribution < 1.29 is 19.1 Å². The summed E-state index contributed by atoms with van der Waals surface area (Å²) in [5.41, 5.74) is 2.12. The highest BCUT2D eigenvalue weighted by Gasteiger charge is 2.16. The van der Waals surface area contributed by atoms with Gasteiger partial charge >= 0.3 is 0 Å². The number of methoxy groups -OCH3 is 1. The Bertz CT molecular complexity index is 810. The Labute approximate surface area is 167 Å². The van der Waals surface area contributed by atoms with Crippen LogP contribution in [0, 0.1) is 6.92 Å². The van der Waals surface area contributed by atoms with Crippen molar-refractivity contribution in [1.82, 2.24) is 4.90 Å². The van der Waals surface area contributed by atoms with E-state index < -0.39 is 0 Å². The van der Waals surface area contributed by atoms with Crippen molar-refractivity contribution >= 4 is 33.4 Å². The minimum Gasteiger partial charge on any atom is -0.491 e. The summed E-state index contributed by atoms with van der Waals surface area (Å²) in [6.45, 7) is 2.72. The summed E-state index contributed by atoms with van der Waals surface area (Å²) in [5.74, 6) is 0.0693. The molecule has 0 fully saturated rings. The summed E-state index contributed by atoms with van der Waals surface area (Å²) >= 11 is 3.39. The molecule has 144 valence electrons. The summed E-state index contributed by atoms with van der Waals surface area (Å²) in [4.78, 5) is 26.2. The van der Waals surface area contributed by atoms with Gasteiger partial charge in [0.05, 0.1) is 13.2 Å². The van der Waals surface area contributed by atoms with E-state index in [1.54, 1.807) is 38.4 Å². The Kier molecular flexibility index (Phi) is 7.82. The zero-order chi connectivity index (χ0) is 19.8. The van der Waals surface area contributed by atoms with Gasteiger partial charge in [-0.1, -0.05) is 22.0 Å². The van der Waals surface area contributed by atoms with Crippen molar-refractivity contribution in [3.05, 3.63) is 58.1 Å². The number of hydrogen-bond acceptors (Lipinski definition) is 4. The fraction of sp³-hybridized carbons (Fsp3) is 0.300. The lowest BCUT2D eigenvalue weighted by molar-refractivity contribution is -0.116. The Hall–Kier alpha value is -2.38. The number of likely N-dealkylation sites (N-methyl/N-ethyl adjacent to an activating group) is 1. The lowest BCUT2D eigenvalue weighted by Gasteiger charge is -2.18. The van der Waals surface area contributed by atoms with Crippen LogP contribution in [0.1, 0.15) is 15.9 Å². The van der Waals surface area contributed by atoms with Crippen LogP contribution in [0.4, 0.5) is 5.69 Å². The van der Waals surface area contributed by atoms with E-state index in [2.05, 4.69) is 21.2 Å². The molecule has 2 rings (SSSR count). The molecule has 0 bridgehead atoms. The van der Waals surface area contributed by atoms with Crippen LogP contribution in [0.5, 0.6) is 5.75 Å². The third-order valence-electron chi connectivity index (χ3n) is 3.83. The first-order valence-electron chi connectivity index (χ1n) is 8.44. The second-order valence-electron chi connectivity index (χ2n) is 6.04. The third kappa shape index (κ3) is 6.37. The first-order valence-corrected chi connectivity index (χ1v) is 9.23. The summed E-state index contributed by atoms with van der Waals surface area (Å²) < 4.78 is 11.4. The van der Waals surface area contributed by atoms with E-state index in [-0.39, 0.29) is 18.4 Å².